The lowest BCUT2D eigenvalue weighted by Crippen LogP contribution is -2.37. The minimum Gasteiger partial charge on any atom is -0.294 e. The first-order chi connectivity index (χ1) is 14.7. The summed E-state index contributed by atoms with van der Waals surface area (Å²) in [5, 5.41) is 1.10. The summed E-state index contributed by atoms with van der Waals surface area (Å²) in [7, 11) is 0. The van der Waals surface area contributed by atoms with E-state index in [1.165, 1.54) is 5.56 Å². The Morgan fingerprint density at radius 3 is 2.57 bits per heavy atom. The fraction of sp³-hybridized carbons (Fsp3) is 0.200. The number of hydrogen-bond donors (Lipinski definition) is 0. The van der Waals surface area contributed by atoms with Gasteiger partial charge < -0.3 is 0 Å². The molecule has 1 aliphatic rings. The van der Waals surface area contributed by atoms with E-state index in [1.54, 1.807) is 6.20 Å². The quantitative estimate of drug-likeness (QED) is 0.441. The zero-order chi connectivity index (χ0) is 20.5. The van der Waals surface area contributed by atoms with E-state index in [0.29, 0.717) is 13.1 Å². The Balaban J connectivity index is 1.57. The van der Waals surface area contributed by atoms with Gasteiger partial charge in [0.1, 0.15) is 5.65 Å². The molecule has 0 saturated heterocycles. The van der Waals surface area contributed by atoms with Crippen LogP contribution in [0.4, 0.5) is 0 Å². The highest BCUT2D eigenvalue weighted by atomic mass is 79.9. The van der Waals surface area contributed by atoms with Crippen molar-refractivity contribution in [2.45, 2.75) is 26.1 Å². The smallest absolute Gasteiger partial charge is 0.257 e. The van der Waals surface area contributed by atoms with Gasteiger partial charge in [0.15, 0.2) is 0 Å². The maximum Gasteiger partial charge on any atom is 0.257 e. The Kier molecular flexibility index (Phi) is 5.23. The fourth-order valence-electron chi connectivity index (χ4n) is 4.36. The number of aromatic nitrogens is 2. The van der Waals surface area contributed by atoms with Gasteiger partial charge in [0.2, 0.25) is 0 Å². The summed E-state index contributed by atoms with van der Waals surface area (Å²) in [6.07, 6.45) is 2.65. The maximum absolute atomic E-state index is 13.6. The number of hydrogen-bond acceptors (Lipinski definition) is 3. The zero-order valence-corrected chi connectivity index (χ0v) is 18.2. The first kappa shape index (κ1) is 19.2. The van der Waals surface area contributed by atoms with Gasteiger partial charge in [-0.3, -0.25) is 14.3 Å². The van der Waals surface area contributed by atoms with E-state index in [1.807, 2.05) is 34.9 Å². The molecular weight excluding hydrogens is 438 g/mol. The molecule has 30 heavy (non-hydrogen) atoms. The summed E-state index contributed by atoms with van der Waals surface area (Å²) in [6.45, 7) is 2.99. The van der Waals surface area contributed by atoms with Crippen LogP contribution in [-0.2, 0) is 26.1 Å². The normalized spacial score (nSPS) is 14.0. The van der Waals surface area contributed by atoms with E-state index in [2.05, 4.69) is 62.2 Å². The highest BCUT2D eigenvalue weighted by molar-refractivity contribution is 9.10. The van der Waals surface area contributed by atoms with E-state index in [-0.39, 0.29) is 5.56 Å². The van der Waals surface area contributed by atoms with Crippen LogP contribution in [0.2, 0.25) is 0 Å². The van der Waals surface area contributed by atoms with Gasteiger partial charge in [-0.15, -0.1) is 0 Å². The summed E-state index contributed by atoms with van der Waals surface area (Å²) < 4.78 is 2.85. The molecule has 0 N–H and O–H groups in total. The second kappa shape index (κ2) is 8.17. The van der Waals surface area contributed by atoms with Gasteiger partial charge in [-0.1, -0.05) is 58.4 Å². The molecule has 0 bridgehead atoms. The number of nitrogens with zero attached hydrogens (tertiary/aromatic N) is 3. The molecule has 1 aliphatic heterocycles. The molecule has 0 amide bonds. The number of benzene rings is 2. The summed E-state index contributed by atoms with van der Waals surface area (Å²) in [5.74, 6) is 0. The highest BCUT2D eigenvalue weighted by Gasteiger charge is 2.24. The Hall–Kier alpha value is -2.76. The molecule has 0 aliphatic carbocycles. The standard InChI is InChI=1S/C25H22BrN3O/c26-20-9-4-8-19(14-20)16-29-24-22(10-5-12-27-24)21-11-13-28(17-23(21)25(29)30)15-18-6-2-1-3-7-18/h1-10,12,14H,11,13,15-17H2. The van der Waals surface area contributed by atoms with Gasteiger partial charge in [0, 0.05) is 41.3 Å². The molecule has 150 valence electrons. The Morgan fingerprint density at radius 1 is 0.900 bits per heavy atom. The van der Waals surface area contributed by atoms with Crippen molar-refractivity contribution in [3.05, 3.63) is 110 Å². The Bertz CT molecular complexity index is 1270. The molecule has 0 saturated carbocycles. The topological polar surface area (TPSA) is 38.1 Å². The molecular formula is C25H22BrN3O. The van der Waals surface area contributed by atoms with E-state index < -0.39 is 0 Å². The highest BCUT2D eigenvalue weighted by Crippen LogP contribution is 2.25. The lowest BCUT2D eigenvalue weighted by molar-refractivity contribution is 0.244. The SMILES string of the molecule is O=c1c2c(c3cccnc3n1Cc1cccc(Br)c1)CCN(Cc1ccccc1)C2. The molecule has 2 aromatic heterocycles. The molecule has 5 rings (SSSR count). The van der Waals surface area contributed by atoms with Gasteiger partial charge >= 0.3 is 0 Å². The van der Waals surface area contributed by atoms with Crippen LogP contribution in [0.15, 0.2) is 82.2 Å². The average molecular weight is 460 g/mol. The molecule has 5 heteroatoms. The van der Waals surface area contributed by atoms with Gasteiger partial charge in [0.05, 0.1) is 6.54 Å². The largest absolute Gasteiger partial charge is 0.294 e. The van der Waals surface area contributed by atoms with Crippen molar-refractivity contribution < 1.29 is 0 Å². The van der Waals surface area contributed by atoms with Gasteiger partial charge in [-0.05, 0) is 47.4 Å². The number of pyridine rings is 2. The minimum absolute atomic E-state index is 0.0777. The number of halogens is 1. The second-order valence-electron chi connectivity index (χ2n) is 7.80. The van der Waals surface area contributed by atoms with E-state index in [4.69, 9.17) is 0 Å². The van der Waals surface area contributed by atoms with Crippen LogP contribution in [0.1, 0.15) is 22.3 Å². The average Bonchev–Trinajstić information content (AvgIpc) is 2.77. The van der Waals surface area contributed by atoms with Gasteiger partial charge in [0.25, 0.3) is 5.56 Å². The summed E-state index contributed by atoms with van der Waals surface area (Å²) >= 11 is 3.53. The molecule has 0 fully saturated rings. The molecule has 0 spiro atoms. The van der Waals surface area contributed by atoms with Crippen molar-refractivity contribution in [1.82, 2.24) is 14.5 Å². The Labute approximate surface area is 183 Å². The molecule has 4 aromatic rings. The lowest BCUT2D eigenvalue weighted by atomic mass is 9.97. The van der Waals surface area contributed by atoms with E-state index in [9.17, 15) is 4.79 Å². The number of fused-ring (bicyclic) bond motifs is 3. The van der Waals surface area contributed by atoms with Gasteiger partial charge in [-0.2, -0.15) is 0 Å². The monoisotopic (exact) mass is 459 g/mol. The van der Waals surface area contributed by atoms with Crippen LogP contribution in [0.25, 0.3) is 11.0 Å². The predicted octanol–water partition coefficient (Wildman–Crippen LogP) is 4.77. The lowest BCUT2D eigenvalue weighted by Gasteiger charge is -2.30. The molecule has 0 radical (unpaired) electrons. The van der Waals surface area contributed by atoms with Crippen molar-refractivity contribution in [3.8, 4) is 0 Å². The van der Waals surface area contributed by atoms with Crippen LogP contribution >= 0.6 is 15.9 Å². The van der Waals surface area contributed by atoms with Crippen LogP contribution in [-0.4, -0.2) is 21.0 Å². The van der Waals surface area contributed by atoms with Crippen molar-refractivity contribution >= 4 is 27.0 Å². The first-order valence-electron chi connectivity index (χ1n) is 10.2. The van der Waals surface area contributed by atoms with Crippen molar-refractivity contribution in [1.29, 1.82) is 0 Å². The van der Waals surface area contributed by atoms with E-state index in [0.717, 1.165) is 51.7 Å². The summed E-state index contributed by atoms with van der Waals surface area (Å²) in [6, 6.07) is 22.6. The summed E-state index contributed by atoms with van der Waals surface area (Å²) in [4.78, 5) is 20.6. The van der Waals surface area contributed by atoms with Crippen molar-refractivity contribution in [2.75, 3.05) is 6.54 Å². The van der Waals surface area contributed by atoms with Crippen LogP contribution < -0.4 is 5.56 Å². The zero-order valence-electron chi connectivity index (χ0n) is 16.6. The predicted molar refractivity (Wildman–Crippen MR) is 124 cm³/mol. The Morgan fingerprint density at radius 2 is 1.73 bits per heavy atom. The molecule has 0 atom stereocenters. The van der Waals surface area contributed by atoms with Crippen molar-refractivity contribution in [3.63, 3.8) is 0 Å². The number of rotatable bonds is 4. The third-order valence-electron chi connectivity index (χ3n) is 5.77. The summed E-state index contributed by atoms with van der Waals surface area (Å²) in [5.41, 5.74) is 5.28. The second-order valence-corrected chi connectivity index (χ2v) is 8.71. The molecule has 3 heterocycles. The van der Waals surface area contributed by atoms with Crippen molar-refractivity contribution in [2.24, 2.45) is 0 Å². The van der Waals surface area contributed by atoms with Crippen LogP contribution in [0, 0.1) is 0 Å². The third kappa shape index (κ3) is 3.71. The first-order valence-corrected chi connectivity index (χ1v) is 11.0. The van der Waals surface area contributed by atoms with E-state index >= 15 is 0 Å². The fourth-order valence-corrected chi connectivity index (χ4v) is 4.81. The molecule has 0 unspecified atom stereocenters. The minimum atomic E-state index is 0.0777. The third-order valence-corrected chi connectivity index (χ3v) is 6.27. The molecule has 4 nitrogen and oxygen atoms in total. The van der Waals surface area contributed by atoms with Crippen LogP contribution in [0.5, 0.6) is 0 Å². The van der Waals surface area contributed by atoms with Crippen LogP contribution in [0.3, 0.4) is 0 Å². The maximum atomic E-state index is 13.6. The molecule has 2 aromatic carbocycles. The van der Waals surface area contributed by atoms with Gasteiger partial charge in [-0.25, -0.2) is 4.98 Å².